The number of aromatic amines is 1. The molecular weight excluding hydrogens is 448 g/mol. The van der Waals surface area contributed by atoms with Crippen LogP contribution in [-0.2, 0) is 0 Å². The summed E-state index contributed by atoms with van der Waals surface area (Å²) in [6.45, 7) is 0. The number of fused-ring (bicyclic) bond motifs is 1. The molecule has 5 N–H and O–H groups in total. The van der Waals surface area contributed by atoms with Crippen molar-refractivity contribution in [3.05, 3.63) is 94.8 Å². The lowest BCUT2D eigenvalue weighted by atomic mass is 9.89. The van der Waals surface area contributed by atoms with Crippen LogP contribution in [0.4, 0.5) is 14.5 Å². The molecule has 0 aliphatic heterocycles. The number of benzene rings is 2. The number of halogens is 2. The number of nitrogens with one attached hydrogen (secondary N) is 1. The van der Waals surface area contributed by atoms with Crippen molar-refractivity contribution < 1.29 is 13.6 Å². The summed E-state index contributed by atoms with van der Waals surface area (Å²) in [7, 11) is 0. The van der Waals surface area contributed by atoms with Crippen LogP contribution in [0.3, 0.4) is 0 Å². The minimum Gasteiger partial charge on any atom is -0.398 e. The molecule has 6 nitrogen and oxygen atoms in total. The average molecular weight is 469 g/mol. The molecule has 5 rings (SSSR count). The molecule has 35 heavy (non-hydrogen) atoms. The quantitative estimate of drug-likeness (QED) is 0.227. The second kappa shape index (κ2) is 8.69. The highest BCUT2D eigenvalue weighted by Gasteiger charge is 2.50. The van der Waals surface area contributed by atoms with E-state index in [2.05, 4.69) is 26.8 Å². The zero-order valence-electron chi connectivity index (χ0n) is 18.6. The summed E-state index contributed by atoms with van der Waals surface area (Å²) in [6.07, 6.45) is 5.88. The van der Waals surface area contributed by atoms with Crippen LogP contribution >= 0.6 is 0 Å². The van der Waals surface area contributed by atoms with Crippen molar-refractivity contribution in [2.24, 2.45) is 16.1 Å². The maximum Gasteiger partial charge on any atom is 0.251 e. The van der Waals surface area contributed by atoms with E-state index in [4.69, 9.17) is 11.5 Å². The molecule has 174 valence electrons. The Labute approximate surface area is 200 Å². The van der Waals surface area contributed by atoms with E-state index in [1.54, 1.807) is 36.7 Å². The maximum absolute atomic E-state index is 14.9. The van der Waals surface area contributed by atoms with Gasteiger partial charge >= 0.3 is 0 Å². The number of nitrogens with two attached hydrogens (primary N) is 2. The number of aromatic nitrogens is 2. The van der Waals surface area contributed by atoms with Gasteiger partial charge in [0.05, 0.1) is 17.0 Å². The van der Waals surface area contributed by atoms with Gasteiger partial charge in [0.1, 0.15) is 17.3 Å². The molecule has 1 saturated carbocycles. The van der Waals surface area contributed by atoms with E-state index in [1.807, 2.05) is 6.07 Å². The molecule has 1 fully saturated rings. The summed E-state index contributed by atoms with van der Waals surface area (Å²) in [5, 5.41) is 0.652. The minimum atomic E-state index is -0.786. The highest BCUT2D eigenvalue weighted by atomic mass is 19.1. The molecular formula is C27H21F2N5O. The van der Waals surface area contributed by atoms with Crippen LogP contribution in [0.25, 0.3) is 11.0 Å². The standard InChI is InChI=1S/C27H21F2N5O/c28-17-5-6-22(29)20(13-17)24(33-14-16-3-1-2-4-23(16)30)27(10-11-27)9-7-18-19-8-12-32-26(19)34-15-21(18)25(31)35/h1-6,8,12-15,24H,10-11,30H2,(H2,31,35)(H,32,34). The van der Waals surface area contributed by atoms with Crippen molar-refractivity contribution in [1.82, 2.24) is 9.97 Å². The predicted molar refractivity (Wildman–Crippen MR) is 131 cm³/mol. The van der Waals surface area contributed by atoms with Crippen molar-refractivity contribution in [1.29, 1.82) is 0 Å². The topological polar surface area (TPSA) is 110 Å². The number of anilines is 1. The van der Waals surface area contributed by atoms with Crippen LogP contribution in [0.15, 0.2) is 65.9 Å². The first kappa shape index (κ1) is 22.3. The number of amides is 1. The first-order valence-corrected chi connectivity index (χ1v) is 11.0. The van der Waals surface area contributed by atoms with Gasteiger partial charge in [0, 0.05) is 46.4 Å². The fourth-order valence-electron chi connectivity index (χ4n) is 4.15. The molecule has 4 aromatic rings. The molecule has 1 amide bonds. The molecule has 2 heterocycles. The van der Waals surface area contributed by atoms with Crippen LogP contribution in [0.2, 0.25) is 0 Å². The van der Waals surface area contributed by atoms with E-state index in [0.29, 0.717) is 40.7 Å². The number of nitrogens with zero attached hydrogens (tertiary/aromatic N) is 2. The van der Waals surface area contributed by atoms with E-state index in [9.17, 15) is 13.6 Å². The Bertz CT molecular complexity index is 1540. The van der Waals surface area contributed by atoms with Gasteiger partial charge < -0.3 is 16.5 Å². The van der Waals surface area contributed by atoms with Crippen molar-refractivity contribution in [2.75, 3.05) is 5.73 Å². The van der Waals surface area contributed by atoms with Crippen LogP contribution in [-0.4, -0.2) is 22.1 Å². The molecule has 1 aliphatic rings. The normalized spacial score (nSPS) is 15.0. The number of carbonyl (C=O) groups is 1. The number of carbonyl (C=O) groups excluding carboxylic acids is 1. The van der Waals surface area contributed by atoms with Gasteiger partial charge in [0.25, 0.3) is 5.91 Å². The van der Waals surface area contributed by atoms with Gasteiger partial charge in [-0.1, -0.05) is 30.0 Å². The molecule has 2 aromatic heterocycles. The van der Waals surface area contributed by atoms with E-state index >= 15 is 0 Å². The monoisotopic (exact) mass is 469 g/mol. The third-order valence-electron chi connectivity index (χ3n) is 6.21. The Hall–Kier alpha value is -4.51. The molecule has 1 unspecified atom stereocenters. The fourth-order valence-corrected chi connectivity index (χ4v) is 4.15. The Kier molecular flexibility index (Phi) is 5.53. The molecule has 2 aromatic carbocycles. The van der Waals surface area contributed by atoms with Crippen LogP contribution in [0.5, 0.6) is 0 Å². The number of nitrogen functional groups attached to an aromatic ring is 1. The number of primary amides is 1. The summed E-state index contributed by atoms with van der Waals surface area (Å²) in [5.74, 6) is 4.53. The number of aliphatic imine (C=N–C) groups is 1. The average Bonchev–Trinajstić information content (AvgIpc) is 3.46. The van der Waals surface area contributed by atoms with Gasteiger partial charge in [-0.3, -0.25) is 9.79 Å². The lowest BCUT2D eigenvalue weighted by Crippen LogP contribution is -2.15. The van der Waals surface area contributed by atoms with E-state index in [1.165, 1.54) is 6.20 Å². The Morgan fingerprint density at radius 1 is 1.20 bits per heavy atom. The van der Waals surface area contributed by atoms with Gasteiger partial charge in [-0.05, 0) is 43.2 Å². The van der Waals surface area contributed by atoms with E-state index in [0.717, 1.165) is 18.2 Å². The molecule has 0 saturated heterocycles. The third-order valence-corrected chi connectivity index (χ3v) is 6.21. The van der Waals surface area contributed by atoms with Gasteiger partial charge in [0.15, 0.2) is 0 Å². The molecule has 1 aliphatic carbocycles. The van der Waals surface area contributed by atoms with E-state index in [-0.39, 0.29) is 11.1 Å². The molecule has 1 atom stereocenters. The molecule has 8 heteroatoms. The van der Waals surface area contributed by atoms with Gasteiger partial charge in [-0.2, -0.15) is 0 Å². The van der Waals surface area contributed by atoms with Crippen molar-refractivity contribution in [3.8, 4) is 11.8 Å². The summed E-state index contributed by atoms with van der Waals surface area (Å²) in [6, 6.07) is 11.4. The number of rotatable bonds is 5. The number of para-hydroxylation sites is 1. The van der Waals surface area contributed by atoms with E-state index < -0.39 is 29.0 Å². The second-order valence-corrected chi connectivity index (χ2v) is 8.53. The first-order valence-electron chi connectivity index (χ1n) is 11.0. The summed E-state index contributed by atoms with van der Waals surface area (Å²) < 4.78 is 29.0. The summed E-state index contributed by atoms with van der Waals surface area (Å²) in [4.78, 5) is 23.9. The van der Waals surface area contributed by atoms with Crippen LogP contribution in [0.1, 0.15) is 45.9 Å². The van der Waals surface area contributed by atoms with Crippen LogP contribution in [0, 0.1) is 28.9 Å². The van der Waals surface area contributed by atoms with Crippen molar-refractivity contribution >= 4 is 28.8 Å². The lowest BCUT2D eigenvalue weighted by molar-refractivity contribution is 0.1000. The van der Waals surface area contributed by atoms with Gasteiger partial charge in [0.2, 0.25) is 0 Å². The SMILES string of the molecule is NC(=O)c1cnc2[nH]ccc2c1C#CC1(C(N=Cc2ccccc2N)c2cc(F)ccc2F)CC1. The van der Waals surface area contributed by atoms with Crippen molar-refractivity contribution in [2.45, 2.75) is 18.9 Å². The maximum atomic E-state index is 14.9. The summed E-state index contributed by atoms with van der Waals surface area (Å²) in [5.41, 5.74) is 13.3. The predicted octanol–water partition coefficient (Wildman–Crippen LogP) is 4.51. The molecule has 0 spiro atoms. The molecule has 0 radical (unpaired) electrons. The fraction of sp³-hybridized carbons (Fsp3) is 0.148. The highest BCUT2D eigenvalue weighted by molar-refractivity contribution is 6.00. The van der Waals surface area contributed by atoms with Crippen molar-refractivity contribution in [3.63, 3.8) is 0 Å². The number of hydrogen-bond acceptors (Lipinski definition) is 4. The molecule has 0 bridgehead atoms. The number of hydrogen-bond donors (Lipinski definition) is 3. The zero-order valence-corrected chi connectivity index (χ0v) is 18.6. The largest absolute Gasteiger partial charge is 0.398 e. The third kappa shape index (κ3) is 4.24. The van der Waals surface area contributed by atoms with Crippen LogP contribution < -0.4 is 11.5 Å². The first-order chi connectivity index (χ1) is 16.9. The smallest absolute Gasteiger partial charge is 0.251 e. The second-order valence-electron chi connectivity index (χ2n) is 8.53. The minimum absolute atomic E-state index is 0.110. The lowest BCUT2D eigenvalue weighted by Gasteiger charge is -2.20. The summed E-state index contributed by atoms with van der Waals surface area (Å²) >= 11 is 0. The van der Waals surface area contributed by atoms with Gasteiger partial charge in [-0.15, -0.1) is 0 Å². The highest BCUT2D eigenvalue weighted by Crippen LogP contribution is 2.57. The Balaban J connectivity index is 1.63. The van der Waals surface area contributed by atoms with Gasteiger partial charge in [-0.25, -0.2) is 13.8 Å². The number of pyridine rings is 1. The Morgan fingerprint density at radius 2 is 2.00 bits per heavy atom. The Morgan fingerprint density at radius 3 is 2.74 bits per heavy atom. The zero-order chi connectivity index (χ0) is 24.6. The number of H-pyrrole nitrogens is 1.